The quantitative estimate of drug-likeness (QED) is 0.714. The van der Waals surface area contributed by atoms with Crippen molar-refractivity contribution in [2.75, 3.05) is 26.2 Å². The van der Waals surface area contributed by atoms with Crippen LogP contribution in [0.15, 0.2) is 0 Å². The van der Waals surface area contributed by atoms with Crippen LogP contribution in [0.1, 0.15) is 18.1 Å². The molecule has 1 aromatic heterocycles. The zero-order chi connectivity index (χ0) is 11.0. The number of nitrogens with one attached hydrogen (secondary N) is 1. The number of aryl methyl sites for hydroxylation is 1. The molecule has 3 rings (SSSR count). The normalized spacial score (nSPS) is 26.7. The van der Waals surface area contributed by atoms with Crippen molar-refractivity contribution in [2.24, 2.45) is 0 Å². The molecule has 1 aromatic rings. The summed E-state index contributed by atoms with van der Waals surface area (Å²) in [6, 6.07) is 0.679. The molecular weight excluding hydrogens is 202 g/mol. The number of hydrogen-bond acceptors (Lipinski definition) is 4. The Morgan fingerprint density at radius 3 is 2.81 bits per heavy atom. The van der Waals surface area contributed by atoms with Crippen LogP contribution in [0, 0.1) is 6.92 Å². The zero-order valence-corrected chi connectivity index (χ0v) is 9.82. The Kier molecular flexibility index (Phi) is 2.65. The molecule has 1 saturated heterocycles. The number of aromatic nitrogens is 3. The maximum atomic E-state index is 4.27. The SMILES string of the molecule is Cc1nnc2n1CCC(N1CCNCC1)C2. The van der Waals surface area contributed by atoms with Crippen molar-refractivity contribution in [2.45, 2.75) is 32.4 Å². The summed E-state index contributed by atoms with van der Waals surface area (Å²) >= 11 is 0. The highest BCUT2D eigenvalue weighted by molar-refractivity contribution is 5.01. The third-order valence-corrected chi connectivity index (χ3v) is 3.78. The fraction of sp³-hybridized carbons (Fsp3) is 0.818. The standard InChI is InChI=1S/C11H19N5/c1-9-13-14-11-8-10(2-5-16(9)11)15-6-3-12-4-7-15/h10,12H,2-8H2,1H3. The van der Waals surface area contributed by atoms with Crippen molar-refractivity contribution < 1.29 is 0 Å². The van der Waals surface area contributed by atoms with Crippen molar-refractivity contribution in [3.05, 3.63) is 11.6 Å². The van der Waals surface area contributed by atoms with Crippen LogP contribution in [0.4, 0.5) is 0 Å². The molecule has 3 heterocycles. The van der Waals surface area contributed by atoms with E-state index in [1.807, 2.05) is 6.92 Å². The number of piperazine rings is 1. The maximum Gasteiger partial charge on any atom is 0.134 e. The van der Waals surface area contributed by atoms with Crippen molar-refractivity contribution in [3.8, 4) is 0 Å². The first-order valence-corrected chi connectivity index (χ1v) is 6.18. The van der Waals surface area contributed by atoms with Crippen LogP contribution in [0.2, 0.25) is 0 Å². The molecule has 0 saturated carbocycles. The molecule has 2 aliphatic heterocycles. The molecule has 1 unspecified atom stereocenters. The molecule has 2 aliphatic rings. The van der Waals surface area contributed by atoms with Gasteiger partial charge in [-0.2, -0.15) is 0 Å². The van der Waals surface area contributed by atoms with Gasteiger partial charge in [0.2, 0.25) is 0 Å². The Balaban J connectivity index is 1.72. The summed E-state index contributed by atoms with van der Waals surface area (Å²) in [5, 5.41) is 11.8. The Bertz CT molecular complexity index is 366. The molecule has 0 aromatic carbocycles. The highest BCUT2D eigenvalue weighted by Crippen LogP contribution is 2.19. The number of fused-ring (bicyclic) bond motifs is 1. The fourth-order valence-electron chi connectivity index (χ4n) is 2.82. The van der Waals surface area contributed by atoms with Crippen LogP contribution in [0.3, 0.4) is 0 Å². The number of nitrogens with zero attached hydrogens (tertiary/aromatic N) is 4. The van der Waals surface area contributed by atoms with Gasteiger partial charge in [-0.25, -0.2) is 0 Å². The third kappa shape index (κ3) is 1.74. The molecular formula is C11H19N5. The highest BCUT2D eigenvalue weighted by atomic mass is 15.3. The predicted octanol–water partition coefficient (Wildman–Crippen LogP) is -0.193. The van der Waals surface area contributed by atoms with E-state index in [2.05, 4.69) is 25.0 Å². The minimum absolute atomic E-state index is 0.679. The van der Waals surface area contributed by atoms with E-state index < -0.39 is 0 Å². The molecule has 1 fully saturated rings. The highest BCUT2D eigenvalue weighted by Gasteiger charge is 2.27. The molecule has 5 nitrogen and oxygen atoms in total. The Morgan fingerprint density at radius 2 is 2.00 bits per heavy atom. The van der Waals surface area contributed by atoms with Gasteiger partial charge in [-0.05, 0) is 13.3 Å². The van der Waals surface area contributed by atoms with Gasteiger partial charge in [0.15, 0.2) is 0 Å². The summed E-state index contributed by atoms with van der Waals surface area (Å²) < 4.78 is 2.26. The first-order valence-electron chi connectivity index (χ1n) is 6.18. The largest absolute Gasteiger partial charge is 0.315 e. The van der Waals surface area contributed by atoms with Gasteiger partial charge in [-0.3, -0.25) is 4.90 Å². The van der Waals surface area contributed by atoms with Crippen molar-refractivity contribution in [1.82, 2.24) is 25.0 Å². The van der Waals surface area contributed by atoms with E-state index in [9.17, 15) is 0 Å². The van der Waals surface area contributed by atoms with E-state index in [0.29, 0.717) is 6.04 Å². The van der Waals surface area contributed by atoms with Crippen molar-refractivity contribution in [1.29, 1.82) is 0 Å². The molecule has 0 radical (unpaired) electrons. The van der Waals surface area contributed by atoms with Crippen LogP contribution in [0.5, 0.6) is 0 Å². The predicted molar refractivity (Wildman–Crippen MR) is 61.3 cm³/mol. The molecule has 0 aliphatic carbocycles. The van der Waals surface area contributed by atoms with E-state index in [0.717, 1.165) is 31.9 Å². The lowest BCUT2D eigenvalue weighted by atomic mass is 10.0. The second-order valence-electron chi connectivity index (χ2n) is 4.75. The number of rotatable bonds is 1. The van der Waals surface area contributed by atoms with Gasteiger partial charge in [-0.1, -0.05) is 0 Å². The minimum atomic E-state index is 0.679. The zero-order valence-electron chi connectivity index (χ0n) is 9.82. The summed E-state index contributed by atoms with van der Waals surface area (Å²) in [5.41, 5.74) is 0. The monoisotopic (exact) mass is 221 g/mol. The van der Waals surface area contributed by atoms with Gasteiger partial charge in [0.1, 0.15) is 11.6 Å². The van der Waals surface area contributed by atoms with Gasteiger partial charge in [0.05, 0.1) is 0 Å². The van der Waals surface area contributed by atoms with Crippen LogP contribution >= 0.6 is 0 Å². The molecule has 1 N–H and O–H groups in total. The van der Waals surface area contributed by atoms with E-state index >= 15 is 0 Å². The first-order chi connectivity index (χ1) is 7.84. The van der Waals surface area contributed by atoms with Gasteiger partial charge in [-0.15, -0.1) is 10.2 Å². The second-order valence-corrected chi connectivity index (χ2v) is 4.75. The van der Waals surface area contributed by atoms with Gasteiger partial charge in [0.25, 0.3) is 0 Å². The molecule has 88 valence electrons. The lowest BCUT2D eigenvalue weighted by molar-refractivity contribution is 0.147. The Morgan fingerprint density at radius 1 is 1.19 bits per heavy atom. The van der Waals surface area contributed by atoms with Crippen molar-refractivity contribution >= 4 is 0 Å². The van der Waals surface area contributed by atoms with Crippen molar-refractivity contribution in [3.63, 3.8) is 0 Å². The van der Waals surface area contributed by atoms with Gasteiger partial charge >= 0.3 is 0 Å². The Labute approximate surface area is 95.8 Å². The first kappa shape index (κ1) is 10.2. The lowest BCUT2D eigenvalue weighted by Crippen LogP contribution is -2.50. The summed E-state index contributed by atoms with van der Waals surface area (Å²) in [4.78, 5) is 2.60. The minimum Gasteiger partial charge on any atom is -0.315 e. The number of hydrogen-bond donors (Lipinski definition) is 1. The van der Waals surface area contributed by atoms with E-state index in [1.54, 1.807) is 0 Å². The summed E-state index contributed by atoms with van der Waals surface area (Å²) in [5.74, 6) is 2.24. The third-order valence-electron chi connectivity index (χ3n) is 3.78. The maximum absolute atomic E-state index is 4.27. The van der Waals surface area contributed by atoms with Crippen LogP contribution in [-0.4, -0.2) is 51.9 Å². The van der Waals surface area contributed by atoms with Crippen LogP contribution in [0.25, 0.3) is 0 Å². The van der Waals surface area contributed by atoms with E-state index in [-0.39, 0.29) is 0 Å². The molecule has 1 atom stereocenters. The van der Waals surface area contributed by atoms with Gasteiger partial charge in [0, 0.05) is 45.2 Å². The second kappa shape index (κ2) is 4.14. The average molecular weight is 221 g/mol. The summed E-state index contributed by atoms with van der Waals surface area (Å²) in [7, 11) is 0. The Hall–Kier alpha value is -0.940. The van der Waals surface area contributed by atoms with Crippen LogP contribution < -0.4 is 5.32 Å². The van der Waals surface area contributed by atoms with E-state index in [1.165, 1.54) is 25.3 Å². The smallest absolute Gasteiger partial charge is 0.134 e. The fourth-order valence-corrected chi connectivity index (χ4v) is 2.82. The molecule has 0 bridgehead atoms. The van der Waals surface area contributed by atoms with Crippen LogP contribution in [-0.2, 0) is 13.0 Å². The lowest BCUT2D eigenvalue weighted by Gasteiger charge is -2.37. The molecule has 0 spiro atoms. The van der Waals surface area contributed by atoms with E-state index in [4.69, 9.17) is 0 Å². The average Bonchev–Trinajstić information content (AvgIpc) is 2.72. The molecule has 16 heavy (non-hydrogen) atoms. The summed E-state index contributed by atoms with van der Waals surface area (Å²) in [6.07, 6.45) is 2.31. The summed E-state index contributed by atoms with van der Waals surface area (Å²) in [6.45, 7) is 7.74. The van der Waals surface area contributed by atoms with Gasteiger partial charge < -0.3 is 9.88 Å². The molecule has 5 heteroatoms. The topological polar surface area (TPSA) is 46.0 Å². The molecule has 0 amide bonds.